The van der Waals surface area contributed by atoms with Crippen LogP contribution in [0.5, 0.6) is 0 Å². The van der Waals surface area contributed by atoms with Crippen molar-refractivity contribution in [2.24, 2.45) is 0 Å². The summed E-state index contributed by atoms with van der Waals surface area (Å²) in [7, 11) is 0. The number of nitrogens with one attached hydrogen (secondary N) is 3. The fourth-order valence-corrected chi connectivity index (χ4v) is 4.34. The summed E-state index contributed by atoms with van der Waals surface area (Å²) in [6.45, 7) is 7.48. The molecule has 0 fully saturated rings. The molecule has 2 aromatic carbocycles. The Kier molecular flexibility index (Phi) is 6.90. The van der Waals surface area contributed by atoms with Crippen molar-refractivity contribution in [3.63, 3.8) is 0 Å². The van der Waals surface area contributed by atoms with Crippen molar-refractivity contribution >= 4 is 41.0 Å². The van der Waals surface area contributed by atoms with Crippen LogP contribution < -0.4 is 20.9 Å². The van der Waals surface area contributed by atoms with Gasteiger partial charge in [0.15, 0.2) is 0 Å². The van der Waals surface area contributed by atoms with E-state index in [-0.39, 0.29) is 18.4 Å². The molecule has 0 radical (unpaired) electrons. The molecule has 1 aliphatic heterocycles. The van der Waals surface area contributed by atoms with Gasteiger partial charge in [0, 0.05) is 21.9 Å². The number of nitrogens with zero attached hydrogens (tertiary/aromatic N) is 1. The number of para-hydroxylation sites is 1. The van der Waals surface area contributed by atoms with Crippen LogP contribution in [0.1, 0.15) is 26.3 Å². The first kappa shape index (κ1) is 22.7. The summed E-state index contributed by atoms with van der Waals surface area (Å²) in [4.78, 5) is 40.8. The predicted molar refractivity (Wildman–Crippen MR) is 125 cm³/mol. The van der Waals surface area contributed by atoms with E-state index in [1.54, 1.807) is 6.07 Å². The van der Waals surface area contributed by atoms with Gasteiger partial charge >= 0.3 is 6.03 Å². The number of benzene rings is 2. The molecule has 1 aliphatic rings. The third-order valence-electron chi connectivity index (χ3n) is 4.52. The fourth-order valence-electron chi connectivity index (χ4n) is 3.27. The van der Waals surface area contributed by atoms with Crippen LogP contribution in [0.2, 0.25) is 0 Å². The maximum absolute atomic E-state index is 13.3. The van der Waals surface area contributed by atoms with E-state index in [9.17, 15) is 14.4 Å². The number of aryl methyl sites for hydroxylation is 1. The van der Waals surface area contributed by atoms with Crippen LogP contribution >= 0.6 is 11.8 Å². The van der Waals surface area contributed by atoms with Gasteiger partial charge in [0.1, 0.15) is 12.6 Å². The SMILES string of the molecule is Cc1cccc(NC(=O)N[C@H]2CSc3ccccc3N(CC(=O)NC(C)(C)C)C2=O)c1. The first-order valence-corrected chi connectivity index (χ1v) is 11.1. The number of anilines is 2. The lowest BCUT2D eigenvalue weighted by molar-refractivity contribution is -0.125. The van der Waals surface area contributed by atoms with E-state index >= 15 is 0 Å². The molecule has 1 heterocycles. The van der Waals surface area contributed by atoms with Gasteiger partial charge in [-0.25, -0.2) is 4.79 Å². The molecule has 0 bridgehead atoms. The highest BCUT2D eigenvalue weighted by Crippen LogP contribution is 2.34. The standard InChI is InChI=1S/C23H28N4O3S/c1-15-8-7-9-16(12-15)24-22(30)25-17-14-31-19-11-6-5-10-18(19)27(21(17)29)13-20(28)26-23(2,3)4/h5-12,17H,13-14H2,1-4H3,(H,26,28)(H2,24,25,30)/t17-/m0/s1. The normalized spacial score (nSPS) is 16.2. The number of hydrogen-bond donors (Lipinski definition) is 3. The molecule has 8 heteroatoms. The molecule has 0 unspecified atom stereocenters. The molecule has 31 heavy (non-hydrogen) atoms. The largest absolute Gasteiger partial charge is 0.350 e. The van der Waals surface area contributed by atoms with E-state index in [0.29, 0.717) is 17.1 Å². The maximum Gasteiger partial charge on any atom is 0.319 e. The number of rotatable bonds is 4. The Morgan fingerprint density at radius 1 is 1.13 bits per heavy atom. The van der Waals surface area contributed by atoms with Crippen molar-refractivity contribution in [3.05, 3.63) is 54.1 Å². The highest BCUT2D eigenvalue weighted by Gasteiger charge is 2.33. The summed E-state index contributed by atoms with van der Waals surface area (Å²) >= 11 is 1.48. The number of carbonyl (C=O) groups excluding carboxylic acids is 3. The first-order chi connectivity index (χ1) is 14.6. The van der Waals surface area contributed by atoms with E-state index in [1.165, 1.54) is 16.7 Å². The van der Waals surface area contributed by atoms with E-state index in [2.05, 4.69) is 16.0 Å². The summed E-state index contributed by atoms with van der Waals surface area (Å²) in [5.41, 5.74) is 1.93. The van der Waals surface area contributed by atoms with Crippen molar-refractivity contribution in [2.75, 3.05) is 22.5 Å². The zero-order valence-corrected chi connectivity index (χ0v) is 19.0. The second kappa shape index (κ2) is 9.43. The zero-order chi connectivity index (χ0) is 22.6. The van der Waals surface area contributed by atoms with Crippen LogP contribution in [-0.4, -0.2) is 41.7 Å². The Bertz CT molecular complexity index is 987. The minimum absolute atomic E-state index is 0.120. The summed E-state index contributed by atoms with van der Waals surface area (Å²) in [5.74, 6) is -0.208. The smallest absolute Gasteiger partial charge is 0.319 e. The first-order valence-electron chi connectivity index (χ1n) is 10.1. The van der Waals surface area contributed by atoms with Gasteiger partial charge in [0.2, 0.25) is 5.91 Å². The number of fused-ring (bicyclic) bond motifs is 1. The molecule has 1 atom stereocenters. The Morgan fingerprint density at radius 3 is 2.58 bits per heavy atom. The third-order valence-corrected chi connectivity index (χ3v) is 5.68. The lowest BCUT2D eigenvalue weighted by Gasteiger charge is -2.27. The average molecular weight is 441 g/mol. The van der Waals surface area contributed by atoms with Crippen molar-refractivity contribution in [1.29, 1.82) is 0 Å². The van der Waals surface area contributed by atoms with Gasteiger partial charge in [0.05, 0.1) is 5.69 Å². The molecule has 2 aromatic rings. The van der Waals surface area contributed by atoms with Crippen LogP contribution in [0.4, 0.5) is 16.2 Å². The topological polar surface area (TPSA) is 90.5 Å². The Morgan fingerprint density at radius 2 is 1.87 bits per heavy atom. The summed E-state index contributed by atoms with van der Waals surface area (Å²) in [5, 5.41) is 8.43. The molecule has 0 spiro atoms. The number of urea groups is 1. The van der Waals surface area contributed by atoms with Crippen LogP contribution in [0.15, 0.2) is 53.4 Å². The maximum atomic E-state index is 13.3. The van der Waals surface area contributed by atoms with Crippen molar-refractivity contribution in [3.8, 4) is 0 Å². The van der Waals surface area contributed by atoms with Gasteiger partial charge in [-0.15, -0.1) is 11.8 Å². The minimum atomic E-state index is -0.773. The Balaban J connectivity index is 1.77. The van der Waals surface area contributed by atoms with Crippen molar-refractivity contribution in [1.82, 2.24) is 10.6 Å². The second-order valence-electron chi connectivity index (χ2n) is 8.52. The molecule has 0 aromatic heterocycles. The van der Waals surface area contributed by atoms with Crippen molar-refractivity contribution < 1.29 is 14.4 Å². The van der Waals surface area contributed by atoms with Gasteiger partial charge in [-0.05, 0) is 57.5 Å². The van der Waals surface area contributed by atoms with E-state index in [1.807, 2.05) is 70.2 Å². The fraction of sp³-hybridized carbons (Fsp3) is 0.348. The van der Waals surface area contributed by atoms with Crippen LogP contribution in [0.25, 0.3) is 0 Å². The second-order valence-corrected chi connectivity index (χ2v) is 9.58. The molecule has 0 aliphatic carbocycles. The monoisotopic (exact) mass is 440 g/mol. The Labute approximate surface area is 187 Å². The third kappa shape index (κ3) is 6.24. The highest BCUT2D eigenvalue weighted by atomic mass is 32.2. The van der Waals surface area contributed by atoms with Crippen LogP contribution in [0.3, 0.4) is 0 Å². The number of carbonyl (C=O) groups is 3. The molecule has 164 valence electrons. The van der Waals surface area contributed by atoms with Crippen LogP contribution in [-0.2, 0) is 9.59 Å². The molecular formula is C23H28N4O3S. The molecular weight excluding hydrogens is 412 g/mol. The summed E-state index contributed by atoms with van der Waals surface area (Å²) in [6, 6.07) is 13.6. The minimum Gasteiger partial charge on any atom is -0.350 e. The highest BCUT2D eigenvalue weighted by molar-refractivity contribution is 7.99. The molecule has 0 saturated heterocycles. The molecule has 3 rings (SSSR count). The van der Waals surface area contributed by atoms with Gasteiger partial charge in [0.25, 0.3) is 5.91 Å². The molecule has 7 nitrogen and oxygen atoms in total. The summed E-state index contributed by atoms with van der Waals surface area (Å²) in [6.07, 6.45) is 0. The van der Waals surface area contributed by atoms with Gasteiger partial charge in [-0.2, -0.15) is 0 Å². The van der Waals surface area contributed by atoms with Crippen molar-refractivity contribution in [2.45, 2.75) is 44.2 Å². The predicted octanol–water partition coefficient (Wildman–Crippen LogP) is 3.54. The van der Waals surface area contributed by atoms with E-state index in [4.69, 9.17) is 0 Å². The molecule has 0 saturated carbocycles. The van der Waals surface area contributed by atoms with Gasteiger partial charge in [-0.3, -0.25) is 9.59 Å². The van der Waals surface area contributed by atoms with E-state index in [0.717, 1.165) is 10.5 Å². The van der Waals surface area contributed by atoms with Gasteiger partial charge < -0.3 is 20.9 Å². The molecule has 3 N–H and O–H groups in total. The Hall–Kier alpha value is -3.00. The van der Waals surface area contributed by atoms with Crippen LogP contribution in [0, 0.1) is 6.92 Å². The molecule has 4 amide bonds. The quantitative estimate of drug-likeness (QED) is 0.678. The lowest BCUT2D eigenvalue weighted by atomic mass is 10.1. The number of thioether (sulfide) groups is 1. The zero-order valence-electron chi connectivity index (χ0n) is 18.2. The number of hydrogen-bond acceptors (Lipinski definition) is 4. The lowest BCUT2D eigenvalue weighted by Crippen LogP contribution is -2.54. The number of amides is 4. The van der Waals surface area contributed by atoms with E-state index < -0.39 is 17.6 Å². The average Bonchev–Trinajstić information content (AvgIpc) is 2.79. The summed E-state index contributed by atoms with van der Waals surface area (Å²) < 4.78 is 0. The van der Waals surface area contributed by atoms with Gasteiger partial charge in [-0.1, -0.05) is 24.3 Å².